The summed E-state index contributed by atoms with van der Waals surface area (Å²) in [5.74, 6) is -3.33. The highest BCUT2D eigenvalue weighted by molar-refractivity contribution is 5.86. The van der Waals surface area contributed by atoms with E-state index in [1.165, 1.54) is 44.9 Å². The molecular weight excluding hydrogens is 352 g/mol. The maximum Gasteiger partial charge on any atom is 0.256 e. The van der Waals surface area contributed by atoms with Crippen LogP contribution in [0.1, 0.15) is 84.0 Å². The number of carbonyl (C=O) groups excluding carboxylic acids is 1. The second-order valence-corrected chi connectivity index (χ2v) is 7.67. The molecule has 0 aromatic rings. The van der Waals surface area contributed by atoms with Crippen LogP contribution in [-0.2, 0) is 9.53 Å². The molecule has 5 N–H and O–H groups in total. The van der Waals surface area contributed by atoms with E-state index in [-0.39, 0.29) is 6.42 Å². The summed E-state index contributed by atoms with van der Waals surface area (Å²) in [7, 11) is 0. The Bertz CT molecular complexity index is 415. The highest BCUT2D eigenvalue weighted by Gasteiger charge is 2.56. The van der Waals surface area contributed by atoms with Crippen LogP contribution in [-0.4, -0.2) is 68.1 Å². The Hall–Kier alpha value is -0.570. The lowest BCUT2D eigenvalue weighted by molar-refractivity contribution is -0.331. The number of ketones is 1. The molecule has 1 aliphatic rings. The maximum atomic E-state index is 12.3. The number of ether oxygens (including phenoxy) is 1. The molecule has 0 saturated carbocycles. The van der Waals surface area contributed by atoms with Gasteiger partial charge in [-0.05, 0) is 6.42 Å². The van der Waals surface area contributed by atoms with E-state index in [1.54, 1.807) is 0 Å². The van der Waals surface area contributed by atoms with Crippen LogP contribution in [0.5, 0.6) is 0 Å². The molecule has 160 valence electrons. The van der Waals surface area contributed by atoms with Crippen molar-refractivity contribution in [3.05, 3.63) is 0 Å². The minimum absolute atomic E-state index is 0.00550. The maximum absolute atomic E-state index is 12.3. The Balaban J connectivity index is 2.22. The zero-order valence-corrected chi connectivity index (χ0v) is 16.6. The largest absolute Gasteiger partial charge is 0.394 e. The lowest BCUT2D eigenvalue weighted by atomic mass is 9.88. The van der Waals surface area contributed by atoms with Crippen LogP contribution in [0.4, 0.5) is 0 Å². The van der Waals surface area contributed by atoms with Crippen molar-refractivity contribution >= 4 is 5.78 Å². The van der Waals surface area contributed by atoms with Gasteiger partial charge in [-0.1, -0.05) is 71.1 Å². The predicted octanol–water partition coefficient (Wildman–Crippen LogP) is 1.42. The van der Waals surface area contributed by atoms with E-state index in [1.807, 2.05) is 0 Å². The molecule has 1 rings (SSSR count). The molecule has 0 aliphatic carbocycles. The summed E-state index contributed by atoms with van der Waals surface area (Å²) in [6, 6.07) is 0. The number of hydrogen-bond donors (Lipinski definition) is 5. The van der Waals surface area contributed by atoms with Gasteiger partial charge in [0.15, 0.2) is 5.78 Å². The second kappa shape index (κ2) is 12.8. The molecule has 0 bridgehead atoms. The Morgan fingerprint density at radius 2 is 1.33 bits per heavy atom. The molecule has 0 spiro atoms. The van der Waals surface area contributed by atoms with Crippen molar-refractivity contribution < 1.29 is 35.1 Å². The van der Waals surface area contributed by atoms with Crippen molar-refractivity contribution in [2.45, 2.75) is 114 Å². The number of rotatable bonds is 14. The number of aliphatic hydroxyl groups excluding tert-OH is 4. The first kappa shape index (κ1) is 24.5. The Kier molecular flexibility index (Phi) is 11.6. The highest BCUT2D eigenvalue weighted by Crippen LogP contribution is 2.30. The summed E-state index contributed by atoms with van der Waals surface area (Å²) in [6.45, 7) is 1.53. The standard InChI is InChI=1S/C20H38O7/c1-2-3-4-5-6-7-8-9-10-11-12-13-16(22)20(26)19(25)18(24)17(23)15(14-21)27-20/h15,17-19,21,23-26H,2-14H2,1H3. The van der Waals surface area contributed by atoms with Gasteiger partial charge in [0.2, 0.25) is 0 Å². The van der Waals surface area contributed by atoms with Crippen LogP contribution < -0.4 is 0 Å². The Morgan fingerprint density at radius 1 is 0.852 bits per heavy atom. The molecule has 1 aliphatic heterocycles. The van der Waals surface area contributed by atoms with Gasteiger partial charge in [-0.25, -0.2) is 0 Å². The zero-order chi connectivity index (χ0) is 20.3. The van der Waals surface area contributed by atoms with Crippen molar-refractivity contribution in [2.24, 2.45) is 0 Å². The smallest absolute Gasteiger partial charge is 0.256 e. The average Bonchev–Trinajstić information content (AvgIpc) is 2.67. The van der Waals surface area contributed by atoms with Crippen LogP contribution in [0, 0.1) is 0 Å². The average molecular weight is 391 g/mol. The third-order valence-corrected chi connectivity index (χ3v) is 5.37. The topological polar surface area (TPSA) is 127 Å². The lowest BCUT2D eigenvalue weighted by Crippen LogP contribution is -2.68. The van der Waals surface area contributed by atoms with E-state index in [0.717, 1.165) is 19.3 Å². The first-order valence-corrected chi connectivity index (χ1v) is 10.5. The number of carbonyl (C=O) groups is 1. The molecule has 7 nitrogen and oxygen atoms in total. The zero-order valence-electron chi connectivity index (χ0n) is 16.6. The van der Waals surface area contributed by atoms with Gasteiger partial charge in [0, 0.05) is 6.42 Å². The van der Waals surface area contributed by atoms with Gasteiger partial charge in [0.25, 0.3) is 5.79 Å². The molecule has 1 saturated heterocycles. The van der Waals surface area contributed by atoms with E-state index in [4.69, 9.17) is 9.84 Å². The van der Waals surface area contributed by atoms with Crippen LogP contribution in [0.2, 0.25) is 0 Å². The minimum Gasteiger partial charge on any atom is -0.394 e. The number of aliphatic hydroxyl groups is 5. The Morgan fingerprint density at radius 3 is 1.81 bits per heavy atom. The van der Waals surface area contributed by atoms with Crippen LogP contribution >= 0.6 is 0 Å². The van der Waals surface area contributed by atoms with Gasteiger partial charge in [-0.15, -0.1) is 0 Å². The summed E-state index contributed by atoms with van der Waals surface area (Å²) in [6.07, 6.45) is 5.81. The third-order valence-electron chi connectivity index (χ3n) is 5.37. The van der Waals surface area contributed by atoms with Gasteiger partial charge in [0.05, 0.1) is 6.61 Å². The van der Waals surface area contributed by atoms with Crippen molar-refractivity contribution in [3.8, 4) is 0 Å². The van der Waals surface area contributed by atoms with Gasteiger partial charge in [-0.3, -0.25) is 4.79 Å². The van der Waals surface area contributed by atoms with E-state index >= 15 is 0 Å². The number of unbranched alkanes of at least 4 members (excludes halogenated alkanes) is 10. The van der Waals surface area contributed by atoms with Crippen molar-refractivity contribution in [1.82, 2.24) is 0 Å². The Labute approximate surface area is 162 Å². The van der Waals surface area contributed by atoms with E-state index in [0.29, 0.717) is 6.42 Å². The van der Waals surface area contributed by atoms with Crippen LogP contribution in [0.3, 0.4) is 0 Å². The number of Topliss-reactive ketones (excluding diaryl/α,β-unsaturated/α-hetero) is 1. The third kappa shape index (κ3) is 7.40. The van der Waals surface area contributed by atoms with Crippen LogP contribution in [0.15, 0.2) is 0 Å². The normalized spacial score (nSPS) is 31.2. The summed E-state index contributed by atoms with van der Waals surface area (Å²) < 4.78 is 5.03. The highest BCUT2D eigenvalue weighted by atomic mass is 16.7. The molecule has 0 aromatic carbocycles. The monoisotopic (exact) mass is 390 g/mol. The fraction of sp³-hybridized carbons (Fsp3) is 0.950. The van der Waals surface area contributed by atoms with Gasteiger partial charge in [0.1, 0.15) is 24.4 Å². The van der Waals surface area contributed by atoms with E-state index in [2.05, 4.69) is 6.92 Å². The van der Waals surface area contributed by atoms with Gasteiger partial charge in [-0.2, -0.15) is 0 Å². The molecule has 5 atom stereocenters. The van der Waals surface area contributed by atoms with Crippen molar-refractivity contribution in [3.63, 3.8) is 0 Å². The van der Waals surface area contributed by atoms with Gasteiger partial charge < -0.3 is 30.3 Å². The minimum atomic E-state index is -2.59. The predicted molar refractivity (Wildman–Crippen MR) is 101 cm³/mol. The van der Waals surface area contributed by atoms with Crippen molar-refractivity contribution in [1.29, 1.82) is 0 Å². The second-order valence-electron chi connectivity index (χ2n) is 7.67. The lowest BCUT2D eigenvalue weighted by Gasteiger charge is -2.44. The summed E-state index contributed by atoms with van der Waals surface area (Å²) in [5.41, 5.74) is 0. The number of hydrogen-bond acceptors (Lipinski definition) is 7. The fourth-order valence-electron chi connectivity index (χ4n) is 3.51. The molecule has 27 heavy (non-hydrogen) atoms. The van der Waals surface area contributed by atoms with E-state index in [9.17, 15) is 25.2 Å². The molecular formula is C20H38O7. The molecule has 0 amide bonds. The summed E-state index contributed by atoms with van der Waals surface area (Å²) >= 11 is 0. The molecule has 0 radical (unpaired) electrons. The molecule has 1 fully saturated rings. The first-order valence-electron chi connectivity index (χ1n) is 10.5. The summed E-state index contributed by atoms with van der Waals surface area (Å²) in [5, 5.41) is 48.9. The first-order chi connectivity index (χ1) is 12.9. The van der Waals surface area contributed by atoms with Gasteiger partial charge >= 0.3 is 0 Å². The van der Waals surface area contributed by atoms with E-state index < -0.39 is 42.6 Å². The van der Waals surface area contributed by atoms with Crippen molar-refractivity contribution in [2.75, 3.05) is 6.61 Å². The summed E-state index contributed by atoms with van der Waals surface area (Å²) in [4.78, 5) is 12.3. The molecule has 0 aromatic heterocycles. The molecule has 1 heterocycles. The SMILES string of the molecule is CCCCCCCCCCCCCC(=O)C1(O)OC(CO)C(O)C(O)C1O. The fourth-order valence-corrected chi connectivity index (χ4v) is 3.51. The van der Waals surface area contributed by atoms with Crippen LogP contribution in [0.25, 0.3) is 0 Å². The molecule has 5 unspecified atom stereocenters. The quantitative estimate of drug-likeness (QED) is 0.284. The molecule has 7 heteroatoms.